The summed E-state index contributed by atoms with van der Waals surface area (Å²) in [6.07, 6.45) is 13.5. The van der Waals surface area contributed by atoms with Gasteiger partial charge in [0.1, 0.15) is 0 Å². The summed E-state index contributed by atoms with van der Waals surface area (Å²) >= 11 is 0. The Kier molecular flexibility index (Phi) is 15.3. The van der Waals surface area contributed by atoms with Gasteiger partial charge < -0.3 is 0 Å². The van der Waals surface area contributed by atoms with E-state index in [9.17, 15) is 0 Å². The normalized spacial score (nSPS) is 15.8. The molecule has 0 nitrogen and oxygen atoms in total. The quantitative estimate of drug-likeness (QED) is 0.476. The van der Waals surface area contributed by atoms with Crippen LogP contribution in [0.5, 0.6) is 0 Å². The summed E-state index contributed by atoms with van der Waals surface area (Å²) in [7, 11) is 0. The SMILES string of the molecule is C=C(C)/C=C(\C=C/C)C(=C)C.CC.CC1CCCCC1. The fourth-order valence-corrected chi connectivity index (χ4v) is 2.07. The molecule has 1 rings (SSSR count). The van der Waals surface area contributed by atoms with Crippen molar-refractivity contribution in [1.29, 1.82) is 0 Å². The van der Waals surface area contributed by atoms with E-state index in [4.69, 9.17) is 0 Å². The molecule has 116 valence electrons. The molecular weight excluding hydrogens is 240 g/mol. The van der Waals surface area contributed by atoms with Crippen LogP contribution in [0.4, 0.5) is 0 Å². The predicted molar refractivity (Wildman–Crippen MR) is 96.1 cm³/mol. The number of allylic oxidation sites excluding steroid dienone is 6. The van der Waals surface area contributed by atoms with E-state index >= 15 is 0 Å². The van der Waals surface area contributed by atoms with Crippen LogP contribution in [-0.2, 0) is 0 Å². The average Bonchev–Trinajstić information content (AvgIpc) is 2.41. The summed E-state index contributed by atoms with van der Waals surface area (Å²) in [6, 6.07) is 0. The Hall–Kier alpha value is -1.04. The molecule has 0 aromatic heterocycles. The number of hydrogen-bond donors (Lipinski definition) is 0. The second-order valence-corrected chi connectivity index (χ2v) is 5.47. The van der Waals surface area contributed by atoms with Crippen molar-refractivity contribution < 1.29 is 0 Å². The molecule has 0 amide bonds. The van der Waals surface area contributed by atoms with E-state index in [2.05, 4.69) is 20.1 Å². The van der Waals surface area contributed by atoms with E-state index in [0.29, 0.717) is 0 Å². The zero-order valence-electron chi connectivity index (χ0n) is 14.8. The van der Waals surface area contributed by atoms with Crippen LogP contribution >= 0.6 is 0 Å². The van der Waals surface area contributed by atoms with Gasteiger partial charge in [-0.15, -0.1) is 0 Å². The van der Waals surface area contributed by atoms with Gasteiger partial charge in [0, 0.05) is 0 Å². The first-order chi connectivity index (χ1) is 9.47. The summed E-state index contributed by atoms with van der Waals surface area (Å²) < 4.78 is 0. The summed E-state index contributed by atoms with van der Waals surface area (Å²) in [5.74, 6) is 1.04. The molecule has 0 bridgehead atoms. The van der Waals surface area contributed by atoms with Crippen LogP contribution < -0.4 is 0 Å². The van der Waals surface area contributed by atoms with Crippen LogP contribution in [0.25, 0.3) is 0 Å². The van der Waals surface area contributed by atoms with E-state index < -0.39 is 0 Å². The lowest BCUT2D eigenvalue weighted by molar-refractivity contribution is 0.385. The maximum absolute atomic E-state index is 3.87. The van der Waals surface area contributed by atoms with Crippen molar-refractivity contribution >= 4 is 0 Å². The van der Waals surface area contributed by atoms with Crippen LogP contribution in [0.2, 0.25) is 0 Å². The molecule has 0 N–H and O–H groups in total. The third kappa shape index (κ3) is 13.4. The van der Waals surface area contributed by atoms with E-state index in [1.165, 1.54) is 32.1 Å². The number of rotatable bonds is 3. The Morgan fingerprint density at radius 2 is 1.50 bits per heavy atom. The molecule has 20 heavy (non-hydrogen) atoms. The third-order valence-corrected chi connectivity index (χ3v) is 3.13. The zero-order chi connectivity index (χ0) is 16.0. The molecule has 1 fully saturated rings. The minimum Gasteiger partial charge on any atom is -0.0961 e. The third-order valence-electron chi connectivity index (χ3n) is 3.13. The highest BCUT2D eigenvalue weighted by Gasteiger charge is 2.05. The Bertz CT molecular complexity index is 309. The van der Waals surface area contributed by atoms with Crippen molar-refractivity contribution in [2.45, 2.75) is 73.6 Å². The summed E-state index contributed by atoms with van der Waals surface area (Å²) in [6.45, 7) is 20.0. The molecule has 0 saturated heterocycles. The second kappa shape index (κ2) is 14.4. The fraction of sp³-hybridized carbons (Fsp3) is 0.600. The Labute approximate surface area is 128 Å². The van der Waals surface area contributed by atoms with Gasteiger partial charge in [-0.25, -0.2) is 0 Å². The van der Waals surface area contributed by atoms with Crippen molar-refractivity contribution in [3.05, 3.63) is 48.1 Å². The van der Waals surface area contributed by atoms with Crippen LogP contribution in [0, 0.1) is 5.92 Å². The second-order valence-electron chi connectivity index (χ2n) is 5.47. The molecule has 1 aliphatic rings. The van der Waals surface area contributed by atoms with Gasteiger partial charge in [0.25, 0.3) is 0 Å². The molecule has 1 saturated carbocycles. The highest BCUT2D eigenvalue weighted by molar-refractivity contribution is 5.40. The van der Waals surface area contributed by atoms with Crippen LogP contribution in [0.1, 0.15) is 73.6 Å². The molecule has 0 heterocycles. The lowest BCUT2D eigenvalue weighted by Crippen LogP contribution is -1.99. The largest absolute Gasteiger partial charge is 0.0961 e. The van der Waals surface area contributed by atoms with Gasteiger partial charge >= 0.3 is 0 Å². The fourth-order valence-electron chi connectivity index (χ4n) is 2.07. The van der Waals surface area contributed by atoms with Crippen molar-refractivity contribution in [3.63, 3.8) is 0 Å². The summed E-state index contributed by atoms with van der Waals surface area (Å²) in [4.78, 5) is 0. The standard InChI is InChI=1S/C11H16.C7H14.C2H6/c1-6-7-11(10(4)5)8-9(2)3;1-7-5-3-2-4-6-7;1-2/h6-8H,2,4H2,1,3,5H3;7H,2-6H2,1H3;1-2H3/b7-6-,11-8+;;. The maximum atomic E-state index is 3.87. The summed E-state index contributed by atoms with van der Waals surface area (Å²) in [5.41, 5.74) is 3.28. The lowest BCUT2D eigenvalue weighted by atomic mass is 9.91. The minimum atomic E-state index is 1.04. The van der Waals surface area contributed by atoms with Crippen molar-refractivity contribution in [3.8, 4) is 0 Å². The van der Waals surface area contributed by atoms with Crippen LogP contribution in [0.15, 0.2) is 48.1 Å². The summed E-state index contributed by atoms with van der Waals surface area (Å²) in [5, 5.41) is 0. The van der Waals surface area contributed by atoms with Gasteiger partial charge in [0.2, 0.25) is 0 Å². The molecule has 0 heteroatoms. The van der Waals surface area contributed by atoms with Crippen LogP contribution in [-0.4, -0.2) is 0 Å². The highest BCUT2D eigenvalue weighted by Crippen LogP contribution is 2.22. The van der Waals surface area contributed by atoms with Gasteiger partial charge in [-0.2, -0.15) is 0 Å². The molecule has 0 aromatic carbocycles. The first-order valence-electron chi connectivity index (χ1n) is 8.13. The van der Waals surface area contributed by atoms with E-state index in [-0.39, 0.29) is 0 Å². The maximum Gasteiger partial charge on any atom is -0.0234 e. The molecule has 0 spiro atoms. The molecule has 0 atom stereocenters. The lowest BCUT2D eigenvalue weighted by Gasteiger charge is -2.15. The molecular formula is C20H36. The average molecular weight is 277 g/mol. The van der Waals surface area contributed by atoms with E-state index in [1.54, 1.807) is 0 Å². The van der Waals surface area contributed by atoms with Gasteiger partial charge in [0.05, 0.1) is 0 Å². The Morgan fingerprint density at radius 1 is 1.00 bits per heavy atom. The number of hydrogen-bond acceptors (Lipinski definition) is 0. The zero-order valence-corrected chi connectivity index (χ0v) is 14.8. The van der Waals surface area contributed by atoms with E-state index in [1.807, 2.05) is 52.8 Å². The van der Waals surface area contributed by atoms with Crippen molar-refractivity contribution in [2.24, 2.45) is 5.92 Å². The van der Waals surface area contributed by atoms with Crippen LogP contribution in [0.3, 0.4) is 0 Å². The first kappa shape index (κ1) is 21.3. The minimum absolute atomic E-state index is 1.04. The topological polar surface area (TPSA) is 0 Å². The molecule has 0 unspecified atom stereocenters. The van der Waals surface area contributed by atoms with E-state index in [0.717, 1.165) is 22.6 Å². The van der Waals surface area contributed by atoms with Gasteiger partial charge in [-0.1, -0.05) is 95.4 Å². The molecule has 1 aliphatic carbocycles. The Morgan fingerprint density at radius 3 is 1.75 bits per heavy atom. The first-order valence-corrected chi connectivity index (χ1v) is 8.13. The highest BCUT2D eigenvalue weighted by atomic mass is 14.1. The molecule has 0 radical (unpaired) electrons. The van der Waals surface area contributed by atoms with Crippen molar-refractivity contribution in [1.82, 2.24) is 0 Å². The Balaban J connectivity index is 0. The van der Waals surface area contributed by atoms with Gasteiger partial charge in [-0.3, -0.25) is 0 Å². The molecule has 0 aliphatic heterocycles. The molecule has 0 aromatic rings. The van der Waals surface area contributed by atoms with Gasteiger partial charge in [-0.05, 0) is 32.3 Å². The monoisotopic (exact) mass is 276 g/mol. The van der Waals surface area contributed by atoms with Crippen molar-refractivity contribution in [2.75, 3.05) is 0 Å². The smallest absolute Gasteiger partial charge is 0.0234 e. The van der Waals surface area contributed by atoms with Gasteiger partial charge in [0.15, 0.2) is 0 Å². The predicted octanol–water partition coefficient (Wildman–Crippen LogP) is 7.25.